The van der Waals surface area contributed by atoms with Crippen molar-refractivity contribution in [1.29, 1.82) is 0 Å². The summed E-state index contributed by atoms with van der Waals surface area (Å²) in [7, 11) is 0. The predicted molar refractivity (Wildman–Crippen MR) is 88.2 cm³/mol. The number of rotatable bonds is 3. The highest BCUT2D eigenvalue weighted by Gasteiger charge is 2.25. The van der Waals surface area contributed by atoms with Crippen molar-refractivity contribution < 1.29 is 0 Å². The topological polar surface area (TPSA) is 0 Å². The summed E-state index contributed by atoms with van der Waals surface area (Å²) in [6, 6.07) is 6.96. The summed E-state index contributed by atoms with van der Waals surface area (Å²) in [6.45, 7) is 4.07. The second-order valence-electron chi connectivity index (χ2n) is 6.72. The highest BCUT2D eigenvalue weighted by Crippen LogP contribution is 2.42. The second-order valence-corrected chi connectivity index (χ2v) is 6.72. The van der Waals surface area contributed by atoms with Crippen molar-refractivity contribution in [3.8, 4) is 0 Å². The van der Waals surface area contributed by atoms with Gasteiger partial charge in [-0.2, -0.15) is 0 Å². The van der Waals surface area contributed by atoms with Crippen LogP contribution in [0.15, 0.2) is 24.8 Å². The van der Waals surface area contributed by atoms with Gasteiger partial charge >= 0.3 is 0 Å². The first kappa shape index (κ1) is 13.9. The third-order valence-electron chi connectivity index (χ3n) is 5.45. The fraction of sp³-hybridized carbons (Fsp3) is 0.600. The molecule has 2 aliphatic carbocycles. The number of hydrogen-bond donors (Lipinski definition) is 0. The van der Waals surface area contributed by atoms with Crippen LogP contribution in [-0.2, 0) is 0 Å². The molecule has 0 aromatic heterocycles. The summed E-state index contributed by atoms with van der Waals surface area (Å²) >= 11 is 0. The van der Waals surface area contributed by atoms with Crippen LogP contribution in [0.4, 0.5) is 0 Å². The van der Waals surface area contributed by atoms with E-state index in [4.69, 9.17) is 0 Å². The van der Waals surface area contributed by atoms with E-state index in [2.05, 4.69) is 30.9 Å². The van der Waals surface area contributed by atoms with Gasteiger partial charge in [0, 0.05) is 0 Å². The van der Waals surface area contributed by atoms with E-state index >= 15 is 0 Å². The minimum atomic E-state index is 0.801. The Kier molecular flexibility index (Phi) is 4.60. The third kappa shape index (κ3) is 2.85. The van der Waals surface area contributed by atoms with Crippen LogP contribution in [-0.4, -0.2) is 0 Å². The fourth-order valence-electron chi connectivity index (χ4n) is 4.41. The van der Waals surface area contributed by atoms with E-state index in [1.54, 1.807) is 11.1 Å². The molecule has 0 unspecified atom stereocenters. The largest absolute Gasteiger partial charge is 0.0985 e. The Morgan fingerprint density at radius 1 is 0.800 bits per heavy atom. The van der Waals surface area contributed by atoms with Gasteiger partial charge in [0.25, 0.3) is 0 Å². The van der Waals surface area contributed by atoms with E-state index in [9.17, 15) is 0 Å². The van der Waals surface area contributed by atoms with Crippen LogP contribution in [0.1, 0.15) is 92.7 Å². The van der Waals surface area contributed by atoms with E-state index in [0.29, 0.717) is 0 Å². The standard InChI is InChI=1S/C20H28/c1-2-16-14-9-15-19(17-10-5-3-6-11-17)20(16)18-12-7-4-8-13-18/h2,9,14-15,17-18H,1,3-8,10-13H2. The molecular weight excluding hydrogens is 240 g/mol. The monoisotopic (exact) mass is 268 g/mol. The Bertz CT molecular complexity index is 445. The zero-order valence-electron chi connectivity index (χ0n) is 12.7. The van der Waals surface area contributed by atoms with Gasteiger partial charge in [0.15, 0.2) is 0 Å². The normalized spacial score (nSPS) is 21.8. The summed E-state index contributed by atoms with van der Waals surface area (Å²) in [4.78, 5) is 0. The molecule has 0 heterocycles. The Hall–Kier alpha value is -1.04. The van der Waals surface area contributed by atoms with Crippen LogP contribution in [0, 0.1) is 0 Å². The molecule has 3 rings (SSSR count). The van der Waals surface area contributed by atoms with Gasteiger partial charge in [-0.3, -0.25) is 0 Å². The molecule has 0 aliphatic heterocycles. The third-order valence-corrected chi connectivity index (χ3v) is 5.45. The number of benzene rings is 1. The quantitative estimate of drug-likeness (QED) is 0.593. The van der Waals surface area contributed by atoms with Gasteiger partial charge in [-0.05, 0) is 54.2 Å². The van der Waals surface area contributed by atoms with Crippen LogP contribution in [0.3, 0.4) is 0 Å². The van der Waals surface area contributed by atoms with Gasteiger partial charge in [0.05, 0.1) is 0 Å². The molecule has 0 radical (unpaired) electrons. The van der Waals surface area contributed by atoms with Crippen molar-refractivity contribution in [2.75, 3.05) is 0 Å². The lowest BCUT2D eigenvalue weighted by Crippen LogP contribution is -2.13. The summed E-state index contributed by atoms with van der Waals surface area (Å²) in [5.41, 5.74) is 4.77. The molecule has 108 valence electrons. The maximum absolute atomic E-state index is 4.07. The van der Waals surface area contributed by atoms with Gasteiger partial charge in [-0.1, -0.05) is 69.4 Å². The summed E-state index contributed by atoms with van der Waals surface area (Å²) in [6.07, 6.45) is 16.2. The predicted octanol–water partition coefficient (Wildman–Crippen LogP) is 6.43. The Balaban J connectivity index is 1.96. The minimum Gasteiger partial charge on any atom is -0.0985 e. The maximum atomic E-state index is 4.07. The van der Waals surface area contributed by atoms with Crippen LogP contribution in [0.5, 0.6) is 0 Å². The molecule has 0 nitrogen and oxygen atoms in total. The molecule has 20 heavy (non-hydrogen) atoms. The summed E-state index contributed by atoms with van der Waals surface area (Å²) < 4.78 is 0. The molecular formula is C20H28. The summed E-state index contributed by atoms with van der Waals surface area (Å²) in [5.74, 6) is 1.62. The van der Waals surface area contributed by atoms with Crippen LogP contribution >= 0.6 is 0 Å². The smallest absolute Gasteiger partial charge is 0.0153 e. The van der Waals surface area contributed by atoms with Gasteiger partial charge < -0.3 is 0 Å². The van der Waals surface area contributed by atoms with Gasteiger partial charge in [-0.15, -0.1) is 0 Å². The van der Waals surface area contributed by atoms with E-state index in [-0.39, 0.29) is 0 Å². The molecule has 0 saturated heterocycles. The highest BCUT2D eigenvalue weighted by molar-refractivity contribution is 5.56. The van der Waals surface area contributed by atoms with Crippen molar-refractivity contribution in [2.24, 2.45) is 0 Å². The maximum Gasteiger partial charge on any atom is -0.0153 e. The van der Waals surface area contributed by atoms with Crippen LogP contribution in [0.25, 0.3) is 6.08 Å². The zero-order valence-corrected chi connectivity index (χ0v) is 12.7. The van der Waals surface area contributed by atoms with E-state index in [1.807, 2.05) is 0 Å². The van der Waals surface area contributed by atoms with Gasteiger partial charge in [0.1, 0.15) is 0 Å². The zero-order chi connectivity index (χ0) is 13.8. The van der Waals surface area contributed by atoms with Crippen molar-refractivity contribution in [1.82, 2.24) is 0 Å². The number of hydrogen-bond acceptors (Lipinski definition) is 0. The lowest BCUT2D eigenvalue weighted by molar-refractivity contribution is 0.418. The lowest BCUT2D eigenvalue weighted by atomic mass is 9.74. The second kappa shape index (κ2) is 6.61. The Morgan fingerprint density at radius 2 is 1.40 bits per heavy atom. The average molecular weight is 268 g/mol. The molecule has 1 aromatic carbocycles. The van der Waals surface area contributed by atoms with Crippen LogP contribution in [0.2, 0.25) is 0 Å². The average Bonchev–Trinajstić information content (AvgIpc) is 2.55. The minimum absolute atomic E-state index is 0.801. The molecule has 2 saturated carbocycles. The fourth-order valence-corrected chi connectivity index (χ4v) is 4.41. The Morgan fingerprint density at radius 3 is 2.00 bits per heavy atom. The first-order chi connectivity index (χ1) is 9.90. The molecule has 0 heteroatoms. The Labute approximate surface area is 124 Å². The molecule has 0 atom stereocenters. The van der Waals surface area contributed by atoms with Crippen molar-refractivity contribution in [3.63, 3.8) is 0 Å². The molecule has 2 fully saturated rings. The van der Waals surface area contributed by atoms with E-state index in [1.165, 1.54) is 69.8 Å². The van der Waals surface area contributed by atoms with E-state index < -0.39 is 0 Å². The summed E-state index contributed by atoms with van der Waals surface area (Å²) in [5, 5.41) is 0. The first-order valence-corrected chi connectivity index (χ1v) is 8.65. The molecule has 2 aliphatic rings. The van der Waals surface area contributed by atoms with Crippen LogP contribution < -0.4 is 0 Å². The SMILES string of the molecule is C=Cc1cccc(C2CCCCC2)c1C1CCCCC1. The highest BCUT2D eigenvalue weighted by atomic mass is 14.3. The molecule has 0 N–H and O–H groups in total. The molecule has 0 bridgehead atoms. The van der Waals surface area contributed by atoms with Gasteiger partial charge in [0.2, 0.25) is 0 Å². The van der Waals surface area contributed by atoms with Crippen molar-refractivity contribution >= 4 is 6.08 Å². The molecule has 0 amide bonds. The van der Waals surface area contributed by atoms with Gasteiger partial charge in [-0.25, -0.2) is 0 Å². The van der Waals surface area contributed by atoms with Crippen molar-refractivity contribution in [2.45, 2.75) is 76.0 Å². The molecule has 1 aromatic rings. The van der Waals surface area contributed by atoms with E-state index in [0.717, 1.165) is 11.8 Å². The van der Waals surface area contributed by atoms with Crippen molar-refractivity contribution in [3.05, 3.63) is 41.5 Å². The first-order valence-electron chi connectivity index (χ1n) is 8.65. The lowest BCUT2D eigenvalue weighted by Gasteiger charge is -2.31. The molecule has 0 spiro atoms.